The van der Waals surface area contributed by atoms with Crippen LogP contribution in [-0.4, -0.2) is 15.6 Å². The average molecular weight is 240 g/mol. The maximum Gasteiger partial charge on any atom is 0.162 e. The maximum atomic E-state index is 11.5. The molecule has 0 spiro atoms. The Kier molecular flexibility index (Phi) is 2.74. The van der Waals surface area contributed by atoms with Gasteiger partial charge < -0.3 is 0 Å². The maximum absolute atomic E-state index is 11.5. The number of rotatable bonds is 4. The summed E-state index contributed by atoms with van der Waals surface area (Å²) in [7, 11) is 0. The Hall–Kier alpha value is -1.90. The van der Waals surface area contributed by atoms with Gasteiger partial charge in [-0.2, -0.15) is 5.10 Å². The van der Waals surface area contributed by atoms with E-state index in [4.69, 9.17) is 0 Å². The molecule has 3 nitrogen and oxygen atoms in total. The summed E-state index contributed by atoms with van der Waals surface area (Å²) in [4.78, 5) is 11.5. The highest BCUT2D eigenvalue weighted by atomic mass is 16.1. The van der Waals surface area contributed by atoms with Crippen LogP contribution < -0.4 is 0 Å². The van der Waals surface area contributed by atoms with Crippen LogP contribution in [0.15, 0.2) is 36.5 Å². The van der Waals surface area contributed by atoms with E-state index < -0.39 is 0 Å². The van der Waals surface area contributed by atoms with E-state index in [1.54, 1.807) is 0 Å². The van der Waals surface area contributed by atoms with Gasteiger partial charge in [-0.15, -0.1) is 0 Å². The molecule has 1 saturated carbocycles. The third-order valence-electron chi connectivity index (χ3n) is 3.38. The second-order valence-corrected chi connectivity index (χ2v) is 4.78. The lowest BCUT2D eigenvalue weighted by atomic mass is 10.1. The minimum Gasteiger partial charge on any atom is -0.294 e. The van der Waals surface area contributed by atoms with Crippen LogP contribution >= 0.6 is 0 Å². The number of hydrogen-bond donors (Lipinski definition) is 0. The zero-order chi connectivity index (χ0) is 12.5. The average Bonchev–Trinajstić information content (AvgIpc) is 3.16. The number of Topliss-reactive ketones (excluding diaryl/α,β-unsaturated/α-hetero) is 1. The molecular formula is C15H16N2O. The summed E-state index contributed by atoms with van der Waals surface area (Å²) < 4.78 is 1.88. The Morgan fingerprint density at radius 2 is 2.00 bits per heavy atom. The monoisotopic (exact) mass is 240 g/mol. The van der Waals surface area contributed by atoms with Crippen molar-refractivity contribution in [1.29, 1.82) is 0 Å². The van der Waals surface area contributed by atoms with E-state index in [-0.39, 0.29) is 5.78 Å². The van der Waals surface area contributed by atoms with Crippen molar-refractivity contribution in [1.82, 2.24) is 9.78 Å². The van der Waals surface area contributed by atoms with Crippen molar-refractivity contribution in [2.45, 2.75) is 32.1 Å². The molecule has 1 aromatic carbocycles. The highest BCUT2D eigenvalue weighted by Gasteiger charge is 2.25. The summed E-state index contributed by atoms with van der Waals surface area (Å²) in [6.45, 7) is 1.88. The van der Waals surface area contributed by atoms with Gasteiger partial charge in [0.15, 0.2) is 5.78 Å². The van der Waals surface area contributed by atoms with Crippen LogP contribution in [0.3, 0.4) is 0 Å². The second kappa shape index (κ2) is 4.41. The quantitative estimate of drug-likeness (QED) is 0.768. The molecule has 1 aliphatic rings. The van der Waals surface area contributed by atoms with Crippen LogP contribution in [0.1, 0.15) is 48.2 Å². The summed E-state index contributed by atoms with van der Waals surface area (Å²) in [5.41, 5.74) is 2.97. The number of hydrogen-bond acceptors (Lipinski definition) is 2. The minimum absolute atomic E-state index is 0.181. The summed E-state index contributed by atoms with van der Waals surface area (Å²) in [6, 6.07) is 9.74. The molecule has 0 aliphatic heterocycles. The molecule has 0 amide bonds. The minimum atomic E-state index is 0.181. The van der Waals surface area contributed by atoms with Crippen molar-refractivity contribution in [2.75, 3.05) is 0 Å². The summed E-state index contributed by atoms with van der Waals surface area (Å²) in [6.07, 6.45) is 5.07. The second-order valence-electron chi connectivity index (χ2n) is 4.78. The normalized spacial score (nSPS) is 14.7. The molecule has 0 bridgehead atoms. The number of carbonyl (C=O) groups is 1. The first-order chi connectivity index (χ1) is 8.78. The third kappa shape index (κ3) is 2.08. The molecule has 1 fully saturated rings. The van der Waals surface area contributed by atoms with Crippen LogP contribution in [0.2, 0.25) is 0 Å². The lowest BCUT2D eigenvalue weighted by Gasteiger charge is -2.03. The summed E-state index contributed by atoms with van der Waals surface area (Å²) >= 11 is 0. The highest BCUT2D eigenvalue weighted by molar-refractivity contribution is 5.95. The van der Waals surface area contributed by atoms with Crippen molar-refractivity contribution >= 4 is 5.78 Å². The van der Waals surface area contributed by atoms with Gasteiger partial charge in [-0.25, -0.2) is 4.68 Å². The van der Waals surface area contributed by atoms with Gasteiger partial charge in [0.2, 0.25) is 0 Å². The SMILES string of the molecule is CCC(=O)c1ccc(-n2ccc(C3CC3)n2)cc1. The van der Waals surface area contributed by atoms with E-state index in [0.29, 0.717) is 12.3 Å². The molecular weight excluding hydrogens is 224 g/mol. The van der Waals surface area contributed by atoms with Crippen molar-refractivity contribution in [3.63, 3.8) is 0 Å². The van der Waals surface area contributed by atoms with Gasteiger partial charge >= 0.3 is 0 Å². The van der Waals surface area contributed by atoms with Crippen LogP contribution in [0.5, 0.6) is 0 Å². The van der Waals surface area contributed by atoms with Crippen LogP contribution in [0.4, 0.5) is 0 Å². The Bertz CT molecular complexity index is 564. The molecule has 0 radical (unpaired) electrons. The van der Waals surface area contributed by atoms with Gasteiger partial charge in [0, 0.05) is 24.1 Å². The zero-order valence-electron chi connectivity index (χ0n) is 10.5. The van der Waals surface area contributed by atoms with Gasteiger partial charge in [0.05, 0.1) is 11.4 Å². The molecule has 0 saturated heterocycles. The molecule has 0 unspecified atom stereocenters. The lowest BCUT2D eigenvalue weighted by Crippen LogP contribution is -1.99. The van der Waals surface area contributed by atoms with Crippen LogP contribution in [-0.2, 0) is 0 Å². The fourth-order valence-electron chi connectivity index (χ4n) is 2.08. The van der Waals surface area contributed by atoms with Gasteiger partial charge in [-0.3, -0.25) is 4.79 Å². The largest absolute Gasteiger partial charge is 0.294 e. The number of carbonyl (C=O) groups excluding carboxylic acids is 1. The van der Waals surface area contributed by atoms with Gasteiger partial charge in [-0.1, -0.05) is 6.92 Å². The van der Waals surface area contributed by atoms with Crippen LogP contribution in [0.25, 0.3) is 5.69 Å². The molecule has 0 atom stereocenters. The van der Waals surface area contributed by atoms with Gasteiger partial charge in [0.25, 0.3) is 0 Å². The smallest absolute Gasteiger partial charge is 0.162 e. The van der Waals surface area contributed by atoms with Crippen molar-refractivity contribution in [3.8, 4) is 5.69 Å². The van der Waals surface area contributed by atoms with E-state index in [1.807, 2.05) is 42.1 Å². The first kappa shape index (κ1) is 11.2. The molecule has 3 heteroatoms. The predicted molar refractivity (Wildman–Crippen MR) is 70.2 cm³/mol. The lowest BCUT2D eigenvalue weighted by molar-refractivity contribution is 0.0988. The van der Waals surface area contributed by atoms with E-state index in [1.165, 1.54) is 18.5 Å². The fourth-order valence-corrected chi connectivity index (χ4v) is 2.08. The first-order valence-electron chi connectivity index (χ1n) is 6.47. The molecule has 2 aromatic rings. The number of nitrogens with zero attached hydrogens (tertiary/aromatic N) is 2. The van der Waals surface area contributed by atoms with E-state index in [2.05, 4.69) is 11.2 Å². The Labute approximate surface area is 106 Å². The Morgan fingerprint density at radius 3 is 2.61 bits per heavy atom. The fraction of sp³-hybridized carbons (Fsp3) is 0.333. The zero-order valence-corrected chi connectivity index (χ0v) is 10.5. The molecule has 0 N–H and O–H groups in total. The molecule has 1 aliphatic carbocycles. The highest BCUT2D eigenvalue weighted by Crippen LogP contribution is 2.39. The molecule has 18 heavy (non-hydrogen) atoms. The van der Waals surface area contributed by atoms with Gasteiger partial charge in [-0.05, 0) is 43.2 Å². The van der Waals surface area contributed by atoms with Crippen molar-refractivity contribution in [2.24, 2.45) is 0 Å². The number of ketones is 1. The summed E-state index contributed by atoms with van der Waals surface area (Å²) in [5.74, 6) is 0.855. The predicted octanol–water partition coefficient (Wildman–Crippen LogP) is 3.34. The number of benzene rings is 1. The van der Waals surface area contributed by atoms with Crippen molar-refractivity contribution in [3.05, 3.63) is 47.8 Å². The van der Waals surface area contributed by atoms with E-state index in [9.17, 15) is 4.79 Å². The third-order valence-corrected chi connectivity index (χ3v) is 3.38. The molecule has 92 valence electrons. The van der Waals surface area contributed by atoms with E-state index >= 15 is 0 Å². The molecule has 1 heterocycles. The topological polar surface area (TPSA) is 34.9 Å². The Morgan fingerprint density at radius 1 is 1.28 bits per heavy atom. The molecule has 3 rings (SSSR count). The van der Waals surface area contributed by atoms with E-state index in [0.717, 1.165) is 11.3 Å². The summed E-state index contributed by atoms with van der Waals surface area (Å²) in [5, 5.41) is 4.57. The first-order valence-corrected chi connectivity index (χ1v) is 6.47. The van der Waals surface area contributed by atoms with Gasteiger partial charge in [0.1, 0.15) is 0 Å². The number of aromatic nitrogens is 2. The van der Waals surface area contributed by atoms with Crippen molar-refractivity contribution < 1.29 is 4.79 Å². The Balaban J connectivity index is 1.84. The van der Waals surface area contributed by atoms with Crippen LogP contribution in [0, 0.1) is 0 Å². The molecule has 1 aromatic heterocycles. The standard InChI is InChI=1S/C15H16N2O/c1-2-15(18)12-5-7-13(8-6-12)17-10-9-14(16-17)11-3-4-11/h5-11H,2-4H2,1H3.